The number of carbonyl (C=O) groups is 1. The van der Waals surface area contributed by atoms with Crippen LogP contribution >= 0.6 is 0 Å². The van der Waals surface area contributed by atoms with E-state index in [-0.39, 0.29) is 5.91 Å². The summed E-state index contributed by atoms with van der Waals surface area (Å²) in [6.45, 7) is 3.87. The zero-order valence-corrected chi connectivity index (χ0v) is 17.2. The lowest BCUT2D eigenvalue weighted by atomic mass is 9.81. The molecule has 0 radical (unpaired) electrons. The van der Waals surface area contributed by atoms with Crippen LogP contribution in [0.1, 0.15) is 51.6 Å². The Bertz CT molecular complexity index is 1080. The highest BCUT2D eigenvalue weighted by atomic mass is 16.2. The molecule has 0 bridgehead atoms. The largest absolute Gasteiger partial charge is 0.272 e. The van der Waals surface area contributed by atoms with Crippen LogP contribution in [-0.2, 0) is 0 Å². The number of nitrogens with one attached hydrogen (secondary N) is 1. The molecule has 2 aromatic heterocycles. The topological polar surface area (TPSA) is 67.2 Å². The number of benzene rings is 1. The Hall–Kier alpha value is -3.60. The third kappa shape index (κ3) is 4.69. The van der Waals surface area contributed by atoms with Gasteiger partial charge in [-0.2, -0.15) is 5.10 Å². The average Bonchev–Trinajstić information content (AvgIpc) is 2.79. The van der Waals surface area contributed by atoms with Gasteiger partial charge in [0, 0.05) is 23.8 Å². The Morgan fingerprint density at radius 1 is 0.933 bits per heavy atom. The molecule has 1 aliphatic rings. The molecular formula is C25H24N4O. The van der Waals surface area contributed by atoms with E-state index in [9.17, 15) is 4.79 Å². The van der Waals surface area contributed by atoms with E-state index in [2.05, 4.69) is 56.9 Å². The molecule has 0 fully saturated rings. The van der Waals surface area contributed by atoms with Crippen LogP contribution in [-0.4, -0.2) is 21.6 Å². The van der Waals surface area contributed by atoms with Crippen molar-refractivity contribution in [3.05, 3.63) is 101 Å². The van der Waals surface area contributed by atoms with Gasteiger partial charge in [0.2, 0.25) is 0 Å². The van der Waals surface area contributed by atoms with Gasteiger partial charge in [-0.25, -0.2) is 5.43 Å². The average molecular weight is 396 g/mol. The molecule has 0 spiro atoms. The first-order chi connectivity index (χ1) is 14.6. The minimum absolute atomic E-state index is 0.260. The molecule has 1 unspecified atom stereocenters. The third-order valence-electron chi connectivity index (χ3n) is 5.29. The minimum Gasteiger partial charge on any atom is -0.267 e. The molecule has 1 aromatic carbocycles. The highest BCUT2D eigenvalue weighted by Crippen LogP contribution is 2.36. The van der Waals surface area contributed by atoms with E-state index >= 15 is 0 Å². The molecule has 1 atom stereocenters. The van der Waals surface area contributed by atoms with Crippen LogP contribution in [0, 0.1) is 13.8 Å². The quantitative estimate of drug-likeness (QED) is 0.642. The summed E-state index contributed by atoms with van der Waals surface area (Å²) >= 11 is 0. The summed E-state index contributed by atoms with van der Waals surface area (Å²) in [6.07, 6.45) is 7.21. The molecule has 30 heavy (non-hydrogen) atoms. The summed E-state index contributed by atoms with van der Waals surface area (Å²) in [6, 6.07) is 18.1. The Morgan fingerprint density at radius 2 is 1.67 bits per heavy atom. The van der Waals surface area contributed by atoms with Crippen LogP contribution in [0.5, 0.6) is 0 Å². The van der Waals surface area contributed by atoms with Crippen LogP contribution in [0.4, 0.5) is 0 Å². The van der Waals surface area contributed by atoms with E-state index in [0.717, 1.165) is 35.5 Å². The Labute approximate surface area is 176 Å². The summed E-state index contributed by atoms with van der Waals surface area (Å²) in [5.74, 6) is 0.0352. The lowest BCUT2D eigenvalue weighted by Crippen LogP contribution is -2.22. The smallest absolute Gasteiger partial charge is 0.267 e. The molecule has 0 aliphatic heterocycles. The van der Waals surface area contributed by atoms with Crippen molar-refractivity contribution in [3.63, 3.8) is 0 Å². The van der Waals surface area contributed by atoms with Crippen LogP contribution in [0.25, 0.3) is 5.57 Å². The lowest BCUT2D eigenvalue weighted by molar-refractivity contribution is 0.0954. The Kier molecular flexibility index (Phi) is 5.80. The maximum atomic E-state index is 12.5. The molecule has 1 aliphatic carbocycles. The number of allylic oxidation sites excluding steroid dienone is 2. The Morgan fingerprint density at radius 3 is 2.33 bits per heavy atom. The minimum atomic E-state index is -0.260. The van der Waals surface area contributed by atoms with Gasteiger partial charge < -0.3 is 0 Å². The second-order valence-electron chi connectivity index (χ2n) is 7.61. The van der Waals surface area contributed by atoms with Crippen molar-refractivity contribution in [1.29, 1.82) is 0 Å². The van der Waals surface area contributed by atoms with Crippen LogP contribution in [0.3, 0.4) is 0 Å². The number of hydrogen-bond acceptors (Lipinski definition) is 4. The zero-order valence-electron chi connectivity index (χ0n) is 17.2. The number of amides is 1. The number of carbonyl (C=O) groups excluding carboxylic acids is 1. The molecule has 2 heterocycles. The van der Waals surface area contributed by atoms with E-state index in [1.165, 1.54) is 11.1 Å². The number of pyridine rings is 2. The number of nitrogens with zero attached hydrogens (tertiary/aromatic N) is 3. The van der Waals surface area contributed by atoms with Gasteiger partial charge in [0.25, 0.3) is 5.91 Å². The molecule has 5 heteroatoms. The number of hydrazone groups is 1. The van der Waals surface area contributed by atoms with Gasteiger partial charge in [-0.05, 0) is 73.6 Å². The molecule has 150 valence electrons. The molecule has 1 amide bonds. The van der Waals surface area contributed by atoms with E-state index in [1.807, 2.05) is 38.2 Å². The molecule has 1 N–H and O–H groups in total. The van der Waals surface area contributed by atoms with E-state index in [4.69, 9.17) is 0 Å². The van der Waals surface area contributed by atoms with Crippen molar-refractivity contribution in [1.82, 2.24) is 15.4 Å². The van der Waals surface area contributed by atoms with E-state index in [0.29, 0.717) is 11.5 Å². The first kappa shape index (κ1) is 19.7. The predicted molar refractivity (Wildman–Crippen MR) is 119 cm³/mol. The second-order valence-corrected chi connectivity index (χ2v) is 7.61. The predicted octanol–water partition coefficient (Wildman–Crippen LogP) is 4.84. The molecule has 3 aromatic rings. The summed E-state index contributed by atoms with van der Waals surface area (Å²) in [5, 5.41) is 4.44. The number of aromatic nitrogens is 2. The fourth-order valence-electron chi connectivity index (χ4n) is 3.60. The first-order valence-electron chi connectivity index (χ1n) is 10.1. The van der Waals surface area contributed by atoms with Crippen molar-refractivity contribution in [3.8, 4) is 0 Å². The summed E-state index contributed by atoms with van der Waals surface area (Å²) in [7, 11) is 0. The van der Waals surface area contributed by atoms with Crippen molar-refractivity contribution in [2.24, 2.45) is 5.10 Å². The molecule has 5 nitrogen and oxygen atoms in total. The van der Waals surface area contributed by atoms with Crippen LogP contribution < -0.4 is 5.43 Å². The second kappa shape index (κ2) is 8.82. The molecule has 4 rings (SSSR count). The highest BCUT2D eigenvalue weighted by molar-refractivity contribution is 6.04. The van der Waals surface area contributed by atoms with E-state index in [1.54, 1.807) is 12.3 Å². The van der Waals surface area contributed by atoms with Gasteiger partial charge in [0.1, 0.15) is 0 Å². The number of aryl methyl sites for hydroxylation is 2. The standard InChI is InChI=1S/C25H24N4O/c1-17-8-10-20(15-26-17)23-12-22(19-6-4-3-5-7-19)13-24(14-23)28-29-25(30)21-11-9-18(2)27-16-21/h3-11,14-16,22H,12-13H2,1-2H3,(H,29,30)/b28-24-. The maximum absolute atomic E-state index is 12.5. The van der Waals surface area contributed by atoms with Crippen LogP contribution in [0.2, 0.25) is 0 Å². The Balaban J connectivity index is 1.61. The fraction of sp³-hybridized carbons (Fsp3) is 0.200. The highest BCUT2D eigenvalue weighted by Gasteiger charge is 2.22. The van der Waals surface area contributed by atoms with Gasteiger partial charge >= 0.3 is 0 Å². The lowest BCUT2D eigenvalue weighted by Gasteiger charge is -2.24. The fourth-order valence-corrected chi connectivity index (χ4v) is 3.60. The zero-order chi connectivity index (χ0) is 20.9. The first-order valence-corrected chi connectivity index (χ1v) is 10.1. The van der Waals surface area contributed by atoms with Gasteiger partial charge in [-0.15, -0.1) is 0 Å². The number of hydrogen-bond donors (Lipinski definition) is 1. The summed E-state index contributed by atoms with van der Waals surface area (Å²) < 4.78 is 0. The van der Waals surface area contributed by atoms with Crippen molar-refractivity contribution in [2.75, 3.05) is 0 Å². The van der Waals surface area contributed by atoms with Gasteiger partial charge in [-0.1, -0.05) is 36.4 Å². The summed E-state index contributed by atoms with van der Waals surface area (Å²) in [4.78, 5) is 21.1. The molecule has 0 saturated carbocycles. The normalized spacial score (nSPS) is 17.5. The van der Waals surface area contributed by atoms with Crippen molar-refractivity contribution >= 4 is 17.2 Å². The summed E-state index contributed by atoms with van der Waals surface area (Å²) in [5.41, 5.74) is 9.42. The van der Waals surface area contributed by atoms with Gasteiger partial charge in [0.05, 0.1) is 11.3 Å². The number of rotatable bonds is 4. The van der Waals surface area contributed by atoms with Gasteiger partial charge in [-0.3, -0.25) is 14.8 Å². The maximum Gasteiger partial charge on any atom is 0.272 e. The van der Waals surface area contributed by atoms with Crippen LogP contribution in [0.15, 0.2) is 78.2 Å². The van der Waals surface area contributed by atoms with E-state index < -0.39 is 0 Å². The monoisotopic (exact) mass is 396 g/mol. The molecule has 0 saturated heterocycles. The van der Waals surface area contributed by atoms with Crippen molar-refractivity contribution < 1.29 is 4.79 Å². The molecular weight excluding hydrogens is 372 g/mol. The van der Waals surface area contributed by atoms with Gasteiger partial charge in [0.15, 0.2) is 0 Å². The third-order valence-corrected chi connectivity index (χ3v) is 5.29. The van der Waals surface area contributed by atoms with Crippen molar-refractivity contribution in [2.45, 2.75) is 32.6 Å². The SMILES string of the molecule is Cc1ccc(C(=O)N/N=C2\C=C(c3ccc(C)nc3)CC(c3ccccc3)C2)cn1.